The first-order valence-corrected chi connectivity index (χ1v) is 13.4. The van der Waals surface area contributed by atoms with Gasteiger partial charge in [-0.25, -0.2) is 0 Å². The molecule has 7 nitrogen and oxygen atoms in total. The summed E-state index contributed by atoms with van der Waals surface area (Å²) in [6.07, 6.45) is 5.86. The summed E-state index contributed by atoms with van der Waals surface area (Å²) in [4.78, 5) is 24.9. The van der Waals surface area contributed by atoms with Gasteiger partial charge in [-0.3, -0.25) is 9.59 Å². The fourth-order valence-electron chi connectivity index (χ4n) is 5.45. The van der Waals surface area contributed by atoms with Crippen LogP contribution in [-0.4, -0.2) is 44.8 Å². The number of esters is 1. The Morgan fingerprint density at radius 1 is 0.947 bits per heavy atom. The maximum absolute atomic E-state index is 12.4. The lowest BCUT2D eigenvalue weighted by molar-refractivity contribution is -0.140. The first-order valence-electron chi connectivity index (χ1n) is 13.4. The van der Waals surface area contributed by atoms with E-state index in [4.69, 9.17) is 18.9 Å². The number of ether oxygens (including phenoxy) is 4. The van der Waals surface area contributed by atoms with E-state index in [2.05, 4.69) is 11.4 Å². The predicted molar refractivity (Wildman–Crippen MR) is 145 cm³/mol. The number of hydrogen-bond acceptors (Lipinski definition) is 6. The van der Waals surface area contributed by atoms with Crippen LogP contribution in [0.1, 0.15) is 61.1 Å². The molecule has 1 fully saturated rings. The highest BCUT2D eigenvalue weighted by Crippen LogP contribution is 2.40. The van der Waals surface area contributed by atoms with E-state index in [1.807, 2.05) is 49.4 Å². The molecule has 1 unspecified atom stereocenters. The quantitative estimate of drug-likeness (QED) is 0.401. The Kier molecular flexibility index (Phi) is 8.01. The van der Waals surface area contributed by atoms with E-state index in [9.17, 15) is 9.59 Å². The van der Waals surface area contributed by atoms with Gasteiger partial charge in [-0.15, -0.1) is 0 Å². The SMILES string of the molecule is COC(=O)CC(c1ccc2ccc(OCC(=O)NC3CCCCC3)cc2c1)c1cc2c(cc1C)OCCO2. The number of aryl methyl sites for hydroxylation is 1. The van der Waals surface area contributed by atoms with Gasteiger partial charge in [0.15, 0.2) is 18.1 Å². The van der Waals surface area contributed by atoms with E-state index >= 15 is 0 Å². The van der Waals surface area contributed by atoms with Crippen molar-refractivity contribution in [1.82, 2.24) is 5.32 Å². The molecule has 0 aromatic heterocycles. The molecule has 1 amide bonds. The highest BCUT2D eigenvalue weighted by Gasteiger charge is 2.24. The zero-order valence-electron chi connectivity index (χ0n) is 22.1. The first kappa shape index (κ1) is 25.9. The molecule has 7 heteroatoms. The van der Waals surface area contributed by atoms with Crippen molar-refractivity contribution in [3.05, 3.63) is 65.2 Å². The third-order valence-corrected chi connectivity index (χ3v) is 7.48. The molecule has 1 N–H and O–H groups in total. The van der Waals surface area contributed by atoms with Gasteiger partial charge in [0.2, 0.25) is 0 Å². The lowest BCUT2D eigenvalue weighted by Crippen LogP contribution is -2.38. The highest BCUT2D eigenvalue weighted by molar-refractivity contribution is 5.85. The summed E-state index contributed by atoms with van der Waals surface area (Å²) in [7, 11) is 1.41. The number of fused-ring (bicyclic) bond motifs is 2. The molecule has 5 rings (SSSR count). The Bertz CT molecular complexity index is 1310. The van der Waals surface area contributed by atoms with Crippen molar-refractivity contribution in [2.45, 2.75) is 57.4 Å². The minimum Gasteiger partial charge on any atom is -0.486 e. The molecule has 1 aliphatic heterocycles. The van der Waals surface area contributed by atoms with Crippen LogP contribution in [0.2, 0.25) is 0 Å². The Labute approximate surface area is 223 Å². The maximum Gasteiger partial charge on any atom is 0.306 e. The molecule has 0 saturated heterocycles. The van der Waals surface area contributed by atoms with Gasteiger partial charge in [-0.05, 0) is 71.5 Å². The summed E-state index contributed by atoms with van der Waals surface area (Å²) in [6.45, 7) is 3.02. The molecule has 38 heavy (non-hydrogen) atoms. The smallest absolute Gasteiger partial charge is 0.306 e. The predicted octanol–water partition coefficient (Wildman–Crippen LogP) is 5.44. The van der Waals surface area contributed by atoms with Gasteiger partial charge in [-0.1, -0.05) is 43.5 Å². The fourth-order valence-corrected chi connectivity index (χ4v) is 5.45. The average Bonchev–Trinajstić information content (AvgIpc) is 2.94. The van der Waals surface area contributed by atoms with Gasteiger partial charge >= 0.3 is 5.97 Å². The molecule has 1 aliphatic carbocycles. The monoisotopic (exact) mass is 517 g/mol. The highest BCUT2D eigenvalue weighted by atomic mass is 16.6. The van der Waals surface area contributed by atoms with Gasteiger partial charge < -0.3 is 24.3 Å². The number of benzene rings is 3. The molecular formula is C31H35NO6. The third kappa shape index (κ3) is 6.04. The number of hydrogen-bond donors (Lipinski definition) is 1. The van der Waals surface area contributed by atoms with Crippen LogP contribution < -0.4 is 19.5 Å². The second-order valence-electron chi connectivity index (χ2n) is 10.1. The number of rotatable bonds is 8. The van der Waals surface area contributed by atoms with Crippen LogP contribution in [0.3, 0.4) is 0 Å². The van der Waals surface area contributed by atoms with Crippen molar-refractivity contribution in [1.29, 1.82) is 0 Å². The van der Waals surface area contributed by atoms with Crippen LogP contribution in [0.4, 0.5) is 0 Å². The summed E-state index contributed by atoms with van der Waals surface area (Å²) in [5, 5.41) is 5.11. The third-order valence-electron chi connectivity index (χ3n) is 7.48. The van der Waals surface area contributed by atoms with E-state index in [0.717, 1.165) is 46.1 Å². The number of carbonyl (C=O) groups is 2. The van der Waals surface area contributed by atoms with E-state index in [1.165, 1.54) is 26.4 Å². The molecule has 0 radical (unpaired) electrons. The van der Waals surface area contributed by atoms with Gasteiger partial charge in [0, 0.05) is 12.0 Å². The van der Waals surface area contributed by atoms with Crippen LogP contribution in [0, 0.1) is 6.92 Å². The largest absolute Gasteiger partial charge is 0.486 e. The minimum absolute atomic E-state index is 0.0109. The lowest BCUT2D eigenvalue weighted by Gasteiger charge is -2.24. The fraction of sp³-hybridized carbons (Fsp3) is 0.419. The normalized spacial score (nSPS) is 16.1. The van der Waals surface area contributed by atoms with Gasteiger partial charge in [0.25, 0.3) is 5.91 Å². The molecule has 1 saturated carbocycles. The van der Waals surface area contributed by atoms with E-state index in [1.54, 1.807) is 0 Å². The summed E-state index contributed by atoms with van der Waals surface area (Å²) in [5.41, 5.74) is 2.99. The van der Waals surface area contributed by atoms with Crippen LogP contribution in [0.15, 0.2) is 48.5 Å². The van der Waals surface area contributed by atoms with Crippen molar-refractivity contribution in [3.8, 4) is 17.2 Å². The van der Waals surface area contributed by atoms with Crippen molar-refractivity contribution < 1.29 is 28.5 Å². The molecule has 1 heterocycles. The summed E-state index contributed by atoms with van der Waals surface area (Å²) >= 11 is 0. The topological polar surface area (TPSA) is 83.1 Å². The zero-order chi connectivity index (χ0) is 26.5. The molecule has 3 aromatic carbocycles. The first-order chi connectivity index (χ1) is 18.5. The van der Waals surface area contributed by atoms with Gasteiger partial charge in [-0.2, -0.15) is 0 Å². The standard InChI is InChI=1S/C31H35NO6/c1-20-14-28-29(37-13-12-36-28)17-26(20)27(18-31(34)35-2)22-9-8-21-10-11-25(16-23(21)15-22)38-19-30(33)32-24-6-4-3-5-7-24/h8-11,14-17,24,27H,3-7,12-13,18-19H2,1-2H3,(H,32,33). The summed E-state index contributed by atoms with van der Waals surface area (Å²) in [6, 6.07) is 16.2. The number of carbonyl (C=O) groups excluding carboxylic acids is 2. The van der Waals surface area contributed by atoms with Crippen molar-refractivity contribution in [3.63, 3.8) is 0 Å². The Morgan fingerprint density at radius 3 is 2.45 bits per heavy atom. The van der Waals surface area contributed by atoms with E-state index in [-0.39, 0.29) is 36.9 Å². The Morgan fingerprint density at radius 2 is 1.68 bits per heavy atom. The molecule has 2 aliphatic rings. The second kappa shape index (κ2) is 11.8. The summed E-state index contributed by atoms with van der Waals surface area (Å²) < 4.78 is 22.5. The van der Waals surface area contributed by atoms with Crippen LogP contribution >= 0.6 is 0 Å². The Balaban J connectivity index is 1.38. The van der Waals surface area contributed by atoms with Crippen molar-refractivity contribution in [2.24, 2.45) is 0 Å². The number of methoxy groups -OCH3 is 1. The molecule has 0 bridgehead atoms. The molecule has 0 spiro atoms. The van der Waals surface area contributed by atoms with Crippen LogP contribution in [0.25, 0.3) is 10.8 Å². The molecule has 200 valence electrons. The molecular weight excluding hydrogens is 482 g/mol. The Hall–Kier alpha value is -3.74. The van der Waals surface area contributed by atoms with Crippen molar-refractivity contribution >= 4 is 22.6 Å². The number of nitrogens with one attached hydrogen (secondary N) is 1. The number of amides is 1. The lowest BCUT2D eigenvalue weighted by atomic mass is 9.85. The average molecular weight is 518 g/mol. The van der Waals surface area contributed by atoms with E-state index in [0.29, 0.717) is 24.7 Å². The molecule has 3 aromatic rings. The zero-order valence-corrected chi connectivity index (χ0v) is 22.1. The minimum atomic E-state index is -0.287. The van der Waals surface area contributed by atoms with Gasteiger partial charge in [0.1, 0.15) is 19.0 Å². The van der Waals surface area contributed by atoms with Crippen LogP contribution in [-0.2, 0) is 14.3 Å². The second-order valence-corrected chi connectivity index (χ2v) is 10.1. The van der Waals surface area contributed by atoms with Gasteiger partial charge in [0.05, 0.1) is 13.5 Å². The van der Waals surface area contributed by atoms with Crippen molar-refractivity contribution in [2.75, 3.05) is 26.9 Å². The van der Waals surface area contributed by atoms with Crippen LogP contribution in [0.5, 0.6) is 17.2 Å². The summed E-state index contributed by atoms with van der Waals surface area (Å²) in [5.74, 6) is 1.45. The maximum atomic E-state index is 12.4. The van der Waals surface area contributed by atoms with E-state index < -0.39 is 0 Å². The molecule has 1 atom stereocenters.